The molecule has 1 spiro atoms. The summed E-state index contributed by atoms with van der Waals surface area (Å²) in [5.74, 6) is 0.788. The standard InChI is InChI=1S/C23H32N2O3/c1-15-11-17(16-5-7-19(8-6-16)22(2,3)4)9-10-25(15)20(26)18-12-23(13-18)14-28-21(27)24-23/h5-8,15,17-18H,9-14H2,1-4H3,(H,24,27)/t15?,17?,18-,23+. The number of hydrogen-bond acceptors (Lipinski definition) is 3. The predicted molar refractivity (Wildman–Crippen MR) is 108 cm³/mol. The van der Waals surface area contributed by atoms with Crippen LogP contribution in [0, 0.1) is 5.92 Å². The number of nitrogens with one attached hydrogen (secondary N) is 1. The number of carbonyl (C=O) groups is 2. The third-order valence-electron chi connectivity index (χ3n) is 6.88. The molecule has 3 aliphatic rings. The number of cyclic esters (lactones) is 1. The molecule has 2 unspecified atom stereocenters. The molecule has 2 heterocycles. The number of benzene rings is 1. The first-order chi connectivity index (χ1) is 13.2. The molecular formula is C23H32N2O3. The average Bonchev–Trinajstić information content (AvgIpc) is 3.01. The highest BCUT2D eigenvalue weighted by molar-refractivity contribution is 5.82. The zero-order chi connectivity index (χ0) is 20.1. The Morgan fingerprint density at radius 2 is 1.89 bits per heavy atom. The quantitative estimate of drug-likeness (QED) is 0.839. The van der Waals surface area contributed by atoms with E-state index in [1.54, 1.807) is 0 Å². The van der Waals surface area contributed by atoms with Gasteiger partial charge in [-0.15, -0.1) is 0 Å². The Labute approximate surface area is 167 Å². The Morgan fingerprint density at radius 3 is 2.43 bits per heavy atom. The molecule has 5 heteroatoms. The monoisotopic (exact) mass is 384 g/mol. The fraction of sp³-hybridized carbons (Fsp3) is 0.652. The number of nitrogens with zero attached hydrogens (tertiary/aromatic N) is 1. The molecule has 4 rings (SSSR count). The first-order valence-electron chi connectivity index (χ1n) is 10.5. The highest BCUT2D eigenvalue weighted by atomic mass is 16.6. The molecule has 0 aromatic heterocycles. The first-order valence-corrected chi connectivity index (χ1v) is 10.5. The maximum Gasteiger partial charge on any atom is 0.407 e. The molecule has 0 bridgehead atoms. The maximum atomic E-state index is 13.0. The van der Waals surface area contributed by atoms with Gasteiger partial charge in [0, 0.05) is 18.5 Å². The number of amides is 2. The number of rotatable bonds is 2. The second-order valence-corrected chi connectivity index (χ2v) is 10.1. The van der Waals surface area contributed by atoms with E-state index in [-0.39, 0.29) is 34.9 Å². The van der Waals surface area contributed by atoms with Crippen molar-refractivity contribution < 1.29 is 14.3 Å². The fourth-order valence-electron chi connectivity index (χ4n) is 5.06. The number of piperidine rings is 1. The van der Waals surface area contributed by atoms with Crippen molar-refractivity contribution in [2.45, 2.75) is 76.3 Å². The molecule has 2 atom stereocenters. The number of likely N-dealkylation sites (tertiary alicyclic amines) is 1. The Hall–Kier alpha value is -2.04. The largest absolute Gasteiger partial charge is 0.447 e. The van der Waals surface area contributed by atoms with Crippen molar-refractivity contribution in [1.29, 1.82) is 0 Å². The van der Waals surface area contributed by atoms with Crippen LogP contribution in [-0.2, 0) is 14.9 Å². The molecule has 152 valence electrons. The van der Waals surface area contributed by atoms with Crippen molar-refractivity contribution in [1.82, 2.24) is 10.2 Å². The summed E-state index contributed by atoms with van der Waals surface area (Å²) in [7, 11) is 0. The van der Waals surface area contributed by atoms with Crippen LogP contribution >= 0.6 is 0 Å². The lowest BCUT2D eigenvalue weighted by atomic mass is 9.68. The van der Waals surface area contributed by atoms with Gasteiger partial charge in [-0.25, -0.2) is 4.79 Å². The van der Waals surface area contributed by atoms with E-state index in [0.29, 0.717) is 25.4 Å². The molecule has 1 aliphatic carbocycles. The van der Waals surface area contributed by atoms with Crippen molar-refractivity contribution in [3.63, 3.8) is 0 Å². The van der Waals surface area contributed by atoms with Gasteiger partial charge >= 0.3 is 6.09 Å². The molecule has 1 N–H and O–H groups in total. The Bertz CT molecular complexity index is 759. The second kappa shape index (κ2) is 6.78. The van der Waals surface area contributed by atoms with Gasteiger partial charge in [0.25, 0.3) is 0 Å². The Balaban J connectivity index is 1.34. The summed E-state index contributed by atoms with van der Waals surface area (Å²) < 4.78 is 5.02. The normalized spacial score (nSPS) is 32.6. The van der Waals surface area contributed by atoms with Crippen LogP contribution in [0.1, 0.15) is 70.4 Å². The Kier molecular flexibility index (Phi) is 4.67. The van der Waals surface area contributed by atoms with Crippen LogP contribution in [0.25, 0.3) is 0 Å². The van der Waals surface area contributed by atoms with Crippen LogP contribution in [0.4, 0.5) is 4.79 Å². The number of alkyl carbamates (subject to hydrolysis) is 1. The van der Waals surface area contributed by atoms with Crippen molar-refractivity contribution in [2.24, 2.45) is 5.92 Å². The minimum Gasteiger partial charge on any atom is -0.447 e. The third kappa shape index (κ3) is 3.51. The minimum absolute atomic E-state index is 0.0204. The van der Waals surface area contributed by atoms with Crippen molar-refractivity contribution >= 4 is 12.0 Å². The van der Waals surface area contributed by atoms with Crippen LogP contribution in [-0.4, -0.2) is 41.6 Å². The average molecular weight is 385 g/mol. The van der Waals surface area contributed by atoms with Crippen LogP contribution < -0.4 is 5.32 Å². The second-order valence-electron chi connectivity index (χ2n) is 10.1. The van der Waals surface area contributed by atoms with Gasteiger partial charge in [-0.2, -0.15) is 0 Å². The Morgan fingerprint density at radius 1 is 1.21 bits per heavy atom. The molecule has 2 amide bonds. The summed E-state index contributed by atoms with van der Waals surface area (Å²) in [5, 5.41) is 2.88. The zero-order valence-electron chi connectivity index (χ0n) is 17.5. The summed E-state index contributed by atoms with van der Waals surface area (Å²) >= 11 is 0. The summed E-state index contributed by atoms with van der Waals surface area (Å²) in [6.45, 7) is 10.1. The van der Waals surface area contributed by atoms with E-state index in [1.165, 1.54) is 11.1 Å². The first kappa shape index (κ1) is 19.3. The molecule has 0 radical (unpaired) electrons. The fourth-order valence-corrected chi connectivity index (χ4v) is 5.06. The lowest BCUT2D eigenvalue weighted by molar-refractivity contribution is -0.144. The van der Waals surface area contributed by atoms with E-state index in [9.17, 15) is 9.59 Å². The van der Waals surface area contributed by atoms with E-state index in [0.717, 1.165) is 19.4 Å². The van der Waals surface area contributed by atoms with E-state index < -0.39 is 0 Å². The summed E-state index contributed by atoms with van der Waals surface area (Å²) in [6.07, 6.45) is 3.09. The number of carbonyl (C=O) groups excluding carboxylic acids is 2. The van der Waals surface area contributed by atoms with E-state index >= 15 is 0 Å². The molecule has 1 aromatic carbocycles. The van der Waals surface area contributed by atoms with Crippen molar-refractivity contribution in [2.75, 3.05) is 13.2 Å². The molecule has 2 saturated heterocycles. The van der Waals surface area contributed by atoms with E-state index in [2.05, 4.69) is 62.2 Å². The van der Waals surface area contributed by atoms with E-state index in [4.69, 9.17) is 4.74 Å². The molecule has 1 aromatic rings. The molecule has 2 aliphatic heterocycles. The SMILES string of the molecule is CC1CC(c2ccc(C(C)(C)C)cc2)CCN1C(=O)[C@H]1C[C@]2(COC(=O)N2)C1. The molecule has 5 nitrogen and oxygen atoms in total. The number of hydrogen-bond donors (Lipinski definition) is 1. The van der Waals surface area contributed by atoms with Gasteiger partial charge in [-0.05, 0) is 55.1 Å². The lowest BCUT2D eigenvalue weighted by Crippen LogP contribution is -2.59. The van der Waals surface area contributed by atoms with Gasteiger partial charge in [0.15, 0.2) is 0 Å². The van der Waals surface area contributed by atoms with Crippen LogP contribution in [0.3, 0.4) is 0 Å². The van der Waals surface area contributed by atoms with Crippen LogP contribution in [0.2, 0.25) is 0 Å². The van der Waals surface area contributed by atoms with Crippen molar-refractivity contribution in [3.8, 4) is 0 Å². The molecule has 1 saturated carbocycles. The maximum absolute atomic E-state index is 13.0. The lowest BCUT2D eigenvalue weighted by Gasteiger charge is -2.46. The highest BCUT2D eigenvalue weighted by Gasteiger charge is 2.53. The molecule has 28 heavy (non-hydrogen) atoms. The van der Waals surface area contributed by atoms with Gasteiger partial charge in [-0.1, -0.05) is 45.0 Å². The third-order valence-corrected chi connectivity index (χ3v) is 6.88. The smallest absolute Gasteiger partial charge is 0.407 e. The minimum atomic E-state index is -0.349. The highest BCUT2D eigenvalue weighted by Crippen LogP contribution is 2.43. The molecular weight excluding hydrogens is 352 g/mol. The topological polar surface area (TPSA) is 58.6 Å². The molecule has 3 fully saturated rings. The number of ether oxygens (including phenoxy) is 1. The van der Waals surface area contributed by atoms with Gasteiger partial charge in [0.05, 0.1) is 5.54 Å². The zero-order valence-corrected chi connectivity index (χ0v) is 17.5. The van der Waals surface area contributed by atoms with Crippen LogP contribution in [0.15, 0.2) is 24.3 Å². The van der Waals surface area contributed by atoms with Gasteiger partial charge in [0.1, 0.15) is 6.61 Å². The van der Waals surface area contributed by atoms with Crippen LogP contribution in [0.5, 0.6) is 0 Å². The van der Waals surface area contributed by atoms with Gasteiger partial charge < -0.3 is 15.0 Å². The van der Waals surface area contributed by atoms with Crippen molar-refractivity contribution in [3.05, 3.63) is 35.4 Å². The van der Waals surface area contributed by atoms with Gasteiger partial charge in [-0.3, -0.25) is 4.79 Å². The van der Waals surface area contributed by atoms with Gasteiger partial charge in [0.2, 0.25) is 5.91 Å². The summed E-state index contributed by atoms with van der Waals surface area (Å²) in [4.78, 5) is 26.3. The summed E-state index contributed by atoms with van der Waals surface area (Å²) in [5.41, 5.74) is 2.64. The summed E-state index contributed by atoms with van der Waals surface area (Å²) in [6, 6.07) is 9.30. The predicted octanol–water partition coefficient (Wildman–Crippen LogP) is 3.97. The van der Waals surface area contributed by atoms with E-state index in [1.807, 2.05) is 0 Å².